The van der Waals surface area contributed by atoms with Crippen LogP contribution in [0, 0.1) is 6.92 Å². The molecule has 0 amide bonds. The highest BCUT2D eigenvalue weighted by Gasteiger charge is 2.07. The molecule has 4 heteroatoms. The van der Waals surface area contributed by atoms with Crippen LogP contribution < -0.4 is 11.2 Å². The van der Waals surface area contributed by atoms with E-state index in [1.807, 2.05) is 26.0 Å². The van der Waals surface area contributed by atoms with Crippen LogP contribution in [0.15, 0.2) is 27.8 Å². The lowest BCUT2D eigenvalue weighted by molar-refractivity contribution is 0.623. The monoisotopic (exact) mass is 218 g/mol. The van der Waals surface area contributed by atoms with E-state index in [1.54, 1.807) is 6.07 Å². The molecule has 1 heterocycles. The van der Waals surface area contributed by atoms with Crippen molar-refractivity contribution in [3.05, 3.63) is 44.6 Å². The van der Waals surface area contributed by atoms with Crippen LogP contribution in [0.25, 0.3) is 10.9 Å². The number of nitrogens with zero attached hydrogens (tertiary/aromatic N) is 1. The number of aromatic nitrogens is 2. The molecule has 16 heavy (non-hydrogen) atoms. The summed E-state index contributed by atoms with van der Waals surface area (Å²) in [6.07, 6.45) is 0.764. The number of rotatable bonds is 2. The molecular formula is C12H14N2O2. The second-order valence-electron chi connectivity index (χ2n) is 3.88. The number of para-hydroxylation sites is 1. The Bertz CT molecular complexity index is 637. The van der Waals surface area contributed by atoms with Crippen molar-refractivity contribution in [2.75, 3.05) is 0 Å². The van der Waals surface area contributed by atoms with Crippen LogP contribution in [-0.4, -0.2) is 9.55 Å². The molecule has 0 bridgehead atoms. The summed E-state index contributed by atoms with van der Waals surface area (Å²) in [5, 5.41) is 0.577. The van der Waals surface area contributed by atoms with Gasteiger partial charge in [-0.2, -0.15) is 0 Å². The van der Waals surface area contributed by atoms with Gasteiger partial charge < -0.3 is 4.98 Å². The van der Waals surface area contributed by atoms with Gasteiger partial charge in [-0.15, -0.1) is 0 Å². The van der Waals surface area contributed by atoms with E-state index in [-0.39, 0.29) is 11.2 Å². The molecule has 0 spiro atoms. The number of H-pyrrole nitrogens is 1. The first kappa shape index (κ1) is 10.7. The van der Waals surface area contributed by atoms with E-state index in [0.29, 0.717) is 17.4 Å². The standard InChI is InChI=1S/C12H14N2O2/c1-3-7-14-11(15)9-6-4-5-8(2)10(9)13-12(14)16/h4-6H,3,7H2,1-2H3,(H,13,16). The molecule has 84 valence electrons. The predicted octanol–water partition coefficient (Wildman–Crippen LogP) is 1.41. The van der Waals surface area contributed by atoms with Crippen molar-refractivity contribution < 1.29 is 0 Å². The molecule has 1 N–H and O–H groups in total. The minimum Gasteiger partial charge on any atom is -0.306 e. The quantitative estimate of drug-likeness (QED) is 0.828. The molecule has 4 nitrogen and oxygen atoms in total. The van der Waals surface area contributed by atoms with Crippen molar-refractivity contribution in [3.63, 3.8) is 0 Å². The molecule has 0 atom stereocenters. The molecule has 0 aliphatic rings. The highest BCUT2D eigenvalue weighted by molar-refractivity contribution is 5.80. The van der Waals surface area contributed by atoms with Gasteiger partial charge in [0.05, 0.1) is 10.9 Å². The fourth-order valence-corrected chi connectivity index (χ4v) is 1.85. The van der Waals surface area contributed by atoms with Crippen LogP contribution in [-0.2, 0) is 6.54 Å². The molecule has 1 aromatic heterocycles. The molecule has 0 saturated carbocycles. The van der Waals surface area contributed by atoms with Crippen LogP contribution >= 0.6 is 0 Å². The third kappa shape index (κ3) is 1.56. The van der Waals surface area contributed by atoms with Crippen LogP contribution in [0.2, 0.25) is 0 Å². The maximum atomic E-state index is 12.0. The largest absolute Gasteiger partial charge is 0.328 e. The molecule has 0 fully saturated rings. The van der Waals surface area contributed by atoms with Crippen molar-refractivity contribution in [2.45, 2.75) is 26.8 Å². The summed E-state index contributed by atoms with van der Waals surface area (Å²) in [7, 11) is 0. The SMILES string of the molecule is CCCn1c(=O)[nH]c2c(C)cccc2c1=O. The maximum Gasteiger partial charge on any atom is 0.328 e. The van der Waals surface area contributed by atoms with Gasteiger partial charge in [0.1, 0.15) is 0 Å². The Morgan fingerprint density at radius 2 is 2.06 bits per heavy atom. The number of aryl methyl sites for hydroxylation is 1. The highest BCUT2D eigenvalue weighted by Crippen LogP contribution is 2.09. The third-order valence-electron chi connectivity index (χ3n) is 2.67. The van der Waals surface area contributed by atoms with Crippen LogP contribution in [0.1, 0.15) is 18.9 Å². The first-order valence-corrected chi connectivity index (χ1v) is 5.37. The normalized spacial score (nSPS) is 10.9. The van der Waals surface area contributed by atoms with E-state index in [0.717, 1.165) is 12.0 Å². The topological polar surface area (TPSA) is 54.9 Å². The molecule has 0 aliphatic heterocycles. The van der Waals surface area contributed by atoms with E-state index < -0.39 is 0 Å². The summed E-state index contributed by atoms with van der Waals surface area (Å²) in [6.45, 7) is 4.27. The summed E-state index contributed by atoms with van der Waals surface area (Å²) >= 11 is 0. The smallest absolute Gasteiger partial charge is 0.306 e. The molecule has 0 saturated heterocycles. The number of nitrogens with one attached hydrogen (secondary N) is 1. The zero-order chi connectivity index (χ0) is 11.7. The van der Waals surface area contributed by atoms with E-state index in [9.17, 15) is 9.59 Å². The minimum atomic E-state index is -0.325. The second kappa shape index (κ2) is 3.96. The Morgan fingerprint density at radius 1 is 1.31 bits per heavy atom. The first-order chi connectivity index (χ1) is 7.65. The minimum absolute atomic E-state index is 0.204. The lowest BCUT2D eigenvalue weighted by atomic mass is 10.1. The number of hydrogen-bond acceptors (Lipinski definition) is 2. The molecule has 1 aromatic carbocycles. The van der Waals surface area contributed by atoms with Gasteiger partial charge >= 0.3 is 5.69 Å². The predicted molar refractivity (Wildman–Crippen MR) is 63.9 cm³/mol. The summed E-state index contributed by atoms with van der Waals surface area (Å²) in [4.78, 5) is 26.5. The molecule has 0 unspecified atom stereocenters. The fraction of sp³-hybridized carbons (Fsp3) is 0.333. The van der Waals surface area contributed by atoms with Crippen molar-refractivity contribution in [1.82, 2.24) is 9.55 Å². The zero-order valence-corrected chi connectivity index (χ0v) is 9.41. The Kier molecular flexibility index (Phi) is 2.64. The fourth-order valence-electron chi connectivity index (χ4n) is 1.85. The van der Waals surface area contributed by atoms with Crippen LogP contribution in [0.3, 0.4) is 0 Å². The van der Waals surface area contributed by atoms with Crippen molar-refractivity contribution in [2.24, 2.45) is 0 Å². The summed E-state index contributed by atoms with van der Waals surface area (Å²) in [6, 6.07) is 5.45. The van der Waals surface area contributed by atoms with Gasteiger partial charge in [-0.3, -0.25) is 9.36 Å². The number of hydrogen-bond donors (Lipinski definition) is 1. The van der Waals surface area contributed by atoms with Gasteiger partial charge in [-0.25, -0.2) is 4.79 Å². The Morgan fingerprint density at radius 3 is 2.75 bits per heavy atom. The van der Waals surface area contributed by atoms with Crippen LogP contribution in [0.5, 0.6) is 0 Å². The summed E-state index contributed by atoms with van der Waals surface area (Å²) in [5.74, 6) is 0. The highest BCUT2D eigenvalue weighted by atomic mass is 16.2. The van der Waals surface area contributed by atoms with Crippen LogP contribution in [0.4, 0.5) is 0 Å². The average Bonchev–Trinajstić information content (AvgIpc) is 2.26. The lowest BCUT2D eigenvalue weighted by Gasteiger charge is -2.06. The molecular weight excluding hydrogens is 204 g/mol. The Balaban J connectivity index is 2.90. The van der Waals surface area contributed by atoms with Gasteiger partial charge in [-0.05, 0) is 25.0 Å². The summed E-state index contributed by atoms with van der Waals surface area (Å²) < 4.78 is 1.25. The lowest BCUT2D eigenvalue weighted by Crippen LogP contribution is -2.35. The number of benzene rings is 1. The van der Waals surface area contributed by atoms with Gasteiger partial charge in [0.2, 0.25) is 0 Å². The molecule has 0 aliphatic carbocycles. The third-order valence-corrected chi connectivity index (χ3v) is 2.67. The van der Waals surface area contributed by atoms with E-state index >= 15 is 0 Å². The van der Waals surface area contributed by atoms with E-state index in [4.69, 9.17) is 0 Å². The zero-order valence-electron chi connectivity index (χ0n) is 9.41. The van der Waals surface area contributed by atoms with Gasteiger partial charge in [0.15, 0.2) is 0 Å². The number of aromatic amines is 1. The van der Waals surface area contributed by atoms with Gasteiger partial charge in [0.25, 0.3) is 5.56 Å². The van der Waals surface area contributed by atoms with E-state index in [2.05, 4.69) is 4.98 Å². The molecule has 0 radical (unpaired) electrons. The maximum absolute atomic E-state index is 12.0. The van der Waals surface area contributed by atoms with Gasteiger partial charge in [-0.1, -0.05) is 19.1 Å². The summed E-state index contributed by atoms with van der Waals surface area (Å²) in [5.41, 5.74) is 1.03. The van der Waals surface area contributed by atoms with Gasteiger partial charge in [0, 0.05) is 6.54 Å². The second-order valence-corrected chi connectivity index (χ2v) is 3.88. The Hall–Kier alpha value is -1.84. The van der Waals surface area contributed by atoms with Crippen molar-refractivity contribution >= 4 is 10.9 Å². The molecule has 2 rings (SSSR count). The van der Waals surface area contributed by atoms with Crippen molar-refractivity contribution in [1.29, 1.82) is 0 Å². The molecule has 2 aromatic rings. The van der Waals surface area contributed by atoms with E-state index in [1.165, 1.54) is 4.57 Å². The van der Waals surface area contributed by atoms with Crippen molar-refractivity contribution in [3.8, 4) is 0 Å². The first-order valence-electron chi connectivity index (χ1n) is 5.37. The average molecular weight is 218 g/mol. The number of fused-ring (bicyclic) bond motifs is 1. The Labute approximate surface area is 92.5 Å².